The molecule has 4 heteroatoms. The number of rotatable bonds is 0. The first kappa shape index (κ1) is 5.91. The van der Waals surface area contributed by atoms with E-state index < -0.39 is 10.3 Å². The van der Waals surface area contributed by atoms with Gasteiger partial charge in [0.05, 0.1) is 4.86 Å². The summed E-state index contributed by atoms with van der Waals surface area (Å²) in [5.41, 5.74) is 0. The Bertz CT molecular complexity index is 227. The molecule has 0 saturated carbocycles. The fourth-order valence-corrected chi connectivity index (χ4v) is 1.88. The van der Waals surface area contributed by atoms with Gasteiger partial charge in [-0.15, -0.1) is 11.8 Å². The highest BCUT2D eigenvalue weighted by atomic mass is 32.2. The number of thioether (sulfide) groups is 1. The highest BCUT2D eigenvalue weighted by molar-refractivity contribution is 8.04. The molecular formula is C4H4O2S2. The second-order valence-electron chi connectivity index (χ2n) is 1.31. The van der Waals surface area contributed by atoms with Crippen LogP contribution in [0.25, 0.3) is 0 Å². The molecule has 1 heterocycles. The molecule has 0 radical (unpaired) electrons. The lowest BCUT2D eigenvalue weighted by Gasteiger charge is -1.75. The van der Waals surface area contributed by atoms with Crippen LogP contribution in [-0.2, 0) is 10.3 Å². The van der Waals surface area contributed by atoms with E-state index in [1.807, 2.05) is 0 Å². The summed E-state index contributed by atoms with van der Waals surface area (Å²) in [6.07, 6.45) is 1.62. The highest BCUT2D eigenvalue weighted by Crippen LogP contribution is 2.09. The predicted octanol–water partition coefficient (Wildman–Crippen LogP) is 0.298. The molecule has 0 saturated heterocycles. The van der Waals surface area contributed by atoms with Crippen LogP contribution < -0.4 is 0 Å². The first-order valence-electron chi connectivity index (χ1n) is 2.04. The SMILES string of the molecule is O=S(=O)=C1C=CSC1. The molecule has 0 amide bonds. The minimum absolute atomic E-state index is 0.495. The molecule has 0 atom stereocenters. The summed E-state index contributed by atoms with van der Waals surface area (Å²) in [6.45, 7) is 0. The molecule has 0 aliphatic carbocycles. The van der Waals surface area contributed by atoms with Crippen LogP contribution in [0.15, 0.2) is 11.5 Å². The maximum absolute atomic E-state index is 10.1. The summed E-state index contributed by atoms with van der Waals surface area (Å²) >= 11 is 1.50. The van der Waals surface area contributed by atoms with Crippen molar-refractivity contribution in [2.24, 2.45) is 0 Å². The highest BCUT2D eigenvalue weighted by Gasteiger charge is 2.00. The van der Waals surface area contributed by atoms with Crippen molar-refractivity contribution >= 4 is 26.9 Å². The van der Waals surface area contributed by atoms with Crippen LogP contribution in [0.2, 0.25) is 0 Å². The lowest BCUT2D eigenvalue weighted by molar-refractivity contribution is 0.627. The van der Waals surface area contributed by atoms with Crippen molar-refractivity contribution in [3.05, 3.63) is 11.5 Å². The monoisotopic (exact) mass is 148 g/mol. The van der Waals surface area contributed by atoms with E-state index in [9.17, 15) is 8.42 Å². The Morgan fingerprint density at radius 2 is 2.38 bits per heavy atom. The standard InChI is InChI=1S/C4H4O2S2/c5-8(6)4-1-2-7-3-4/h1-2H,3H2. The lowest BCUT2D eigenvalue weighted by Crippen LogP contribution is -1.91. The van der Waals surface area contributed by atoms with Crippen molar-refractivity contribution < 1.29 is 8.42 Å². The summed E-state index contributed by atoms with van der Waals surface area (Å²) in [5.74, 6) is 0.607. The van der Waals surface area contributed by atoms with Gasteiger partial charge in [-0.1, -0.05) is 0 Å². The average molecular weight is 148 g/mol. The van der Waals surface area contributed by atoms with E-state index in [0.29, 0.717) is 10.6 Å². The van der Waals surface area contributed by atoms with Crippen LogP contribution >= 0.6 is 11.8 Å². The van der Waals surface area contributed by atoms with E-state index in [2.05, 4.69) is 0 Å². The zero-order valence-electron chi connectivity index (χ0n) is 3.99. The van der Waals surface area contributed by atoms with E-state index >= 15 is 0 Å². The first-order valence-corrected chi connectivity index (χ1v) is 4.16. The Balaban J connectivity index is 3.07. The van der Waals surface area contributed by atoms with E-state index in [1.165, 1.54) is 11.8 Å². The molecule has 0 aromatic carbocycles. The number of hydrogen-bond acceptors (Lipinski definition) is 3. The van der Waals surface area contributed by atoms with Crippen LogP contribution in [0.5, 0.6) is 0 Å². The van der Waals surface area contributed by atoms with E-state index in [0.717, 1.165) is 0 Å². The van der Waals surface area contributed by atoms with Crippen molar-refractivity contribution in [1.29, 1.82) is 0 Å². The smallest absolute Gasteiger partial charge is 0.184 e. The summed E-state index contributed by atoms with van der Waals surface area (Å²) < 4.78 is 20.2. The van der Waals surface area contributed by atoms with Crippen LogP contribution in [-0.4, -0.2) is 19.0 Å². The molecule has 2 nitrogen and oxygen atoms in total. The summed E-state index contributed by atoms with van der Waals surface area (Å²) in [4.78, 5) is 0.495. The Kier molecular flexibility index (Phi) is 1.75. The van der Waals surface area contributed by atoms with Gasteiger partial charge in [-0.2, -0.15) is 8.42 Å². The van der Waals surface area contributed by atoms with Crippen molar-refractivity contribution in [2.75, 3.05) is 5.75 Å². The van der Waals surface area contributed by atoms with Crippen molar-refractivity contribution in [3.8, 4) is 0 Å². The molecule has 0 fully saturated rings. The molecular weight excluding hydrogens is 144 g/mol. The minimum atomic E-state index is -1.98. The lowest BCUT2D eigenvalue weighted by atomic mass is 10.5. The van der Waals surface area contributed by atoms with Crippen molar-refractivity contribution in [2.45, 2.75) is 0 Å². The van der Waals surface area contributed by atoms with Crippen LogP contribution in [0.1, 0.15) is 0 Å². The minimum Gasteiger partial charge on any atom is -0.184 e. The Morgan fingerprint density at radius 3 is 2.62 bits per heavy atom. The van der Waals surface area contributed by atoms with Gasteiger partial charge in [-0.3, -0.25) is 0 Å². The Labute approximate surface area is 53.1 Å². The van der Waals surface area contributed by atoms with Gasteiger partial charge in [0.15, 0.2) is 0 Å². The van der Waals surface area contributed by atoms with Gasteiger partial charge in [-0.05, 0) is 11.5 Å². The zero-order valence-corrected chi connectivity index (χ0v) is 5.63. The second-order valence-corrected chi connectivity index (χ2v) is 3.20. The molecule has 0 spiro atoms. The van der Waals surface area contributed by atoms with E-state index in [1.54, 1.807) is 11.5 Å². The van der Waals surface area contributed by atoms with Gasteiger partial charge in [-0.25, -0.2) is 0 Å². The van der Waals surface area contributed by atoms with Gasteiger partial charge in [0.25, 0.3) is 0 Å². The maximum atomic E-state index is 10.1. The normalized spacial score (nSPS) is 17.2. The zero-order chi connectivity index (χ0) is 5.98. The van der Waals surface area contributed by atoms with E-state index in [4.69, 9.17) is 0 Å². The molecule has 1 rings (SSSR count). The third-order valence-corrected chi connectivity index (χ3v) is 2.49. The largest absolute Gasteiger partial charge is 0.218 e. The topological polar surface area (TPSA) is 34.1 Å². The van der Waals surface area contributed by atoms with Gasteiger partial charge < -0.3 is 0 Å². The van der Waals surface area contributed by atoms with Crippen molar-refractivity contribution in [1.82, 2.24) is 0 Å². The molecule has 0 aromatic rings. The van der Waals surface area contributed by atoms with E-state index in [-0.39, 0.29) is 0 Å². The molecule has 0 aromatic heterocycles. The van der Waals surface area contributed by atoms with Crippen molar-refractivity contribution in [3.63, 3.8) is 0 Å². The molecule has 0 bridgehead atoms. The fraction of sp³-hybridized carbons (Fsp3) is 0.250. The van der Waals surface area contributed by atoms with Crippen LogP contribution in [0.4, 0.5) is 0 Å². The van der Waals surface area contributed by atoms with Gasteiger partial charge in [0.2, 0.25) is 10.3 Å². The maximum Gasteiger partial charge on any atom is 0.218 e. The number of allylic oxidation sites excluding steroid dienone is 1. The predicted molar refractivity (Wildman–Crippen MR) is 35.5 cm³/mol. The van der Waals surface area contributed by atoms with Crippen LogP contribution in [0, 0.1) is 0 Å². The average Bonchev–Trinajstić information content (AvgIpc) is 2.12. The Morgan fingerprint density at radius 1 is 1.62 bits per heavy atom. The van der Waals surface area contributed by atoms with Gasteiger partial charge >= 0.3 is 0 Å². The summed E-state index contributed by atoms with van der Waals surface area (Å²) in [7, 11) is -1.98. The molecule has 0 N–H and O–H groups in total. The molecule has 8 heavy (non-hydrogen) atoms. The quantitative estimate of drug-likeness (QED) is 0.463. The summed E-state index contributed by atoms with van der Waals surface area (Å²) in [6, 6.07) is 0. The third-order valence-electron chi connectivity index (χ3n) is 0.790. The molecule has 1 aliphatic rings. The van der Waals surface area contributed by atoms with Crippen LogP contribution in [0.3, 0.4) is 0 Å². The van der Waals surface area contributed by atoms with Gasteiger partial charge in [0.1, 0.15) is 0 Å². The third kappa shape index (κ3) is 1.14. The second kappa shape index (κ2) is 2.37. The molecule has 44 valence electrons. The fourth-order valence-electron chi connectivity index (χ4n) is 0.406. The first-order chi connectivity index (χ1) is 3.80. The molecule has 1 aliphatic heterocycles. The number of hydrogen-bond donors (Lipinski definition) is 0. The Hall–Kier alpha value is -0.220. The summed E-state index contributed by atoms with van der Waals surface area (Å²) in [5, 5.41) is 1.78. The molecule has 0 unspecified atom stereocenters. The van der Waals surface area contributed by atoms with Gasteiger partial charge in [0, 0.05) is 5.75 Å².